The highest BCUT2D eigenvalue weighted by Gasteiger charge is 2.14. The van der Waals surface area contributed by atoms with E-state index in [0.29, 0.717) is 12.2 Å². The Bertz CT molecular complexity index is 682. The molecule has 8 nitrogen and oxygen atoms in total. The van der Waals surface area contributed by atoms with Gasteiger partial charge in [-0.3, -0.25) is 14.3 Å². The number of hydrogen-bond acceptors (Lipinski definition) is 6. The highest BCUT2D eigenvalue weighted by molar-refractivity contribution is 5.22. The fourth-order valence-corrected chi connectivity index (χ4v) is 1.61. The number of aromatic nitrogens is 4. The number of nitrogens with zero attached hydrogens (tertiary/aromatic N) is 3. The minimum absolute atomic E-state index is 0.0880. The number of aryl methyl sites for hydroxylation is 1. The van der Waals surface area contributed by atoms with Crippen LogP contribution in [0.4, 0.5) is 0 Å². The van der Waals surface area contributed by atoms with Crippen molar-refractivity contribution in [2.45, 2.75) is 26.8 Å². The number of hydrogen-bond donors (Lipinski definition) is 2. The summed E-state index contributed by atoms with van der Waals surface area (Å²) in [6, 6.07) is 0. The molecule has 0 fully saturated rings. The van der Waals surface area contributed by atoms with Crippen LogP contribution >= 0.6 is 0 Å². The van der Waals surface area contributed by atoms with Gasteiger partial charge in [-0.15, -0.1) is 0 Å². The van der Waals surface area contributed by atoms with Gasteiger partial charge in [-0.05, 0) is 13.3 Å². The standard InChI is InChI=1S/C10H12N4O4/c1-3-6-8(15)12-10(17)14(9(6)16)4-7-11-5(2)13-18-7/h16H,3-4H2,1-2H3,(H,12,15,17). The lowest BCUT2D eigenvalue weighted by molar-refractivity contribution is 0.345. The summed E-state index contributed by atoms with van der Waals surface area (Å²) in [6.45, 7) is 3.26. The SMILES string of the molecule is CCc1c(O)n(Cc2nc(C)no2)c(=O)[nH]c1=O. The molecular formula is C10H12N4O4. The third-order valence-electron chi connectivity index (χ3n) is 2.48. The van der Waals surface area contributed by atoms with Crippen molar-refractivity contribution in [1.82, 2.24) is 19.7 Å². The van der Waals surface area contributed by atoms with Gasteiger partial charge >= 0.3 is 5.69 Å². The van der Waals surface area contributed by atoms with Crippen molar-refractivity contribution in [3.63, 3.8) is 0 Å². The predicted octanol–water partition coefficient (Wildman–Crippen LogP) is -0.456. The first-order valence-electron chi connectivity index (χ1n) is 5.37. The first-order valence-corrected chi connectivity index (χ1v) is 5.37. The van der Waals surface area contributed by atoms with Gasteiger partial charge in [0.15, 0.2) is 5.82 Å². The van der Waals surface area contributed by atoms with Crippen molar-refractivity contribution in [2.24, 2.45) is 0 Å². The molecule has 0 spiro atoms. The Hall–Kier alpha value is -2.38. The lowest BCUT2D eigenvalue weighted by Gasteiger charge is -2.07. The molecule has 0 aliphatic heterocycles. The van der Waals surface area contributed by atoms with Crippen molar-refractivity contribution in [3.05, 3.63) is 38.1 Å². The topological polar surface area (TPSA) is 114 Å². The Labute approximate surface area is 101 Å². The number of aromatic hydroxyl groups is 1. The number of rotatable bonds is 3. The van der Waals surface area contributed by atoms with Crippen molar-refractivity contribution >= 4 is 0 Å². The molecule has 0 aliphatic rings. The lowest BCUT2D eigenvalue weighted by atomic mass is 10.2. The quantitative estimate of drug-likeness (QED) is 0.764. The van der Waals surface area contributed by atoms with E-state index in [1.54, 1.807) is 13.8 Å². The zero-order valence-corrected chi connectivity index (χ0v) is 9.93. The second kappa shape index (κ2) is 4.47. The van der Waals surface area contributed by atoms with Gasteiger partial charge in [-0.1, -0.05) is 12.1 Å². The maximum Gasteiger partial charge on any atom is 0.331 e. The van der Waals surface area contributed by atoms with Crippen molar-refractivity contribution < 1.29 is 9.63 Å². The van der Waals surface area contributed by atoms with Gasteiger partial charge in [0.25, 0.3) is 5.56 Å². The van der Waals surface area contributed by atoms with Crippen LogP contribution in [0, 0.1) is 6.92 Å². The number of H-pyrrole nitrogens is 1. The third-order valence-corrected chi connectivity index (χ3v) is 2.48. The molecule has 2 heterocycles. The van der Waals surface area contributed by atoms with E-state index in [-0.39, 0.29) is 23.9 Å². The molecule has 96 valence electrons. The smallest absolute Gasteiger partial charge is 0.331 e. The summed E-state index contributed by atoms with van der Waals surface area (Å²) < 4.78 is 5.84. The lowest BCUT2D eigenvalue weighted by Crippen LogP contribution is -2.32. The van der Waals surface area contributed by atoms with Gasteiger partial charge in [-0.2, -0.15) is 4.98 Å². The molecule has 2 rings (SSSR count). The van der Waals surface area contributed by atoms with E-state index in [9.17, 15) is 14.7 Å². The first-order chi connectivity index (χ1) is 8.52. The van der Waals surface area contributed by atoms with Crippen LogP contribution in [-0.2, 0) is 13.0 Å². The van der Waals surface area contributed by atoms with Crippen LogP contribution in [0.2, 0.25) is 0 Å². The normalized spacial score (nSPS) is 10.8. The predicted molar refractivity (Wildman–Crippen MR) is 60.5 cm³/mol. The zero-order chi connectivity index (χ0) is 13.3. The van der Waals surface area contributed by atoms with E-state index in [0.717, 1.165) is 4.57 Å². The van der Waals surface area contributed by atoms with Crippen LogP contribution in [0.1, 0.15) is 24.2 Å². The number of nitrogens with one attached hydrogen (secondary N) is 1. The molecule has 0 bridgehead atoms. The van der Waals surface area contributed by atoms with Crippen LogP contribution in [0.25, 0.3) is 0 Å². The first kappa shape index (κ1) is 12.1. The highest BCUT2D eigenvalue weighted by atomic mass is 16.5. The summed E-state index contributed by atoms with van der Waals surface area (Å²) >= 11 is 0. The fraction of sp³-hybridized carbons (Fsp3) is 0.400. The fourth-order valence-electron chi connectivity index (χ4n) is 1.61. The summed E-state index contributed by atoms with van der Waals surface area (Å²) in [7, 11) is 0. The third kappa shape index (κ3) is 2.04. The van der Waals surface area contributed by atoms with Gasteiger partial charge < -0.3 is 9.63 Å². The van der Waals surface area contributed by atoms with Crippen LogP contribution in [-0.4, -0.2) is 24.8 Å². The molecule has 2 aromatic heterocycles. The summed E-state index contributed by atoms with van der Waals surface area (Å²) in [5, 5.41) is 13.4. The molecule has 0 aliphatic carbocycles. The van der Waals surface area contributed by atoms with E-state index in [1.165, 1.54) is 0 Å². The summed E-state index contributed by atoms with van der Waals surface area (Å²) in [6.07, 6.45) is 0.310. The van der Waals surface area contributed by atoms with E-state index >= 15 is 0 Å². The Kier molecular flexibility index (Phi) is 3.00. The maximum atomic E-state index is 11.6. The van der Waals surface area contributed by atoms with Gasteiger partial charge in [0.2, 0.25) is 11.8 Å². The second-order valence-electron chi connectivity index (χ2n) is 3.74. The van der Waals surface area contributed by atoms with Crippen molar-refractivity contribution in [2.75, 3.05) is 0 Å². The largest absolute Gasteiger partial charge is 0.494 e. The molecule has 0 aromatic carbocycles. The van der Waals surface area contributed by atoms with Crippen molar-refractivity contribution in [1.29, 1.82) is 0 Å². The minimum atomic E-state index is -0.717. The van der Waals surface area contributed by atoms with Gasteiger partial charge in [0, 0.05) is 0 Å². The Morgan fingerprint density at radius 1 is 1.44 bits per heavy atom. The molecule has 0 atom stereocenters. The average Bonchev–Trinajstić information content (AvgIpc) is 2.70. The van der Waals surface area contributed by atoms with Crippen LogP contribution < -0.4 is 11.2 Å². The molecule has 0 unspecified atom stereocenters. The number of aromatic amines is 1. The molecule has 2 N–H and O–H groups in total. The van der Waals surface area contributed by atoms with Crippen LogP contribution in [0.15, 0.2) is 14.1 Å². The van der Waals surface area contributed by atoms with Gasteiger partial charge in [0.05, 0.1) is 5.56 Å². The van der Waals surface area contributed by atoms with Crippen LogP contribution in [0.5, 0.6) is 5.88 Å². The molecule has 0 saturated carbocycles. The van der Waals surface area contributed by atoms with E-state index in [4.69, 9.17) is 4.52 Å². The molecule has 18 heavy (non-hydrogen) atoms. The maximum absolute atomic E-state index is 11.6. The zero-order valence-electron chi connectivity index (χ0n) is 9.93. The van der Waals surface area contributed by atoms with E-state index in [2.05, 4.69) is 15.1 Å². The summed E-state index contributed by atoms with van der Waals surface area (Å²) in [5.41, 5.74) is -1.16. The molecular weight excluding hydrogens is 240 g/mol. The minimum Gasteiger partial charge on any atom is -0.494 e. The summed E-state index contributed by atoms with van der Waals surface area (Å²) in [5.74, 6) is 0.235. The molecule has 8 heteroatoms. The van der Waals surface area contributed by atoms with Crippen molar-refractivity contribution in [3.8, 4) is 5.88 Å². The monoisotopic (exact) mass is 252 g/mol. The molecule has 0 saturated heterocycles. The highest BCUT2D eigenvalue weighted by Crippen LogP contribution is 2.11. The Balaban J connectivity index is 2.51. The van der Waals surface area contributed by atoms with E-state index < -0.39 is 11.2 Å². The van der Waals surface area contributed by atoms with Gasteiger partial charge in [-0.25, -0.2) is 4.79 Å². The van der Waals surface area contributed by atoms with E-state index in [1.807, 2.05) is 0 Å². The molecule has 2 aromatic rings. The second-order valence-corrected chi connectivity index (χ2v) is 3.74. The molecule has 0 amide bonds. The summed E-state index contributed by atoms with van der Waals surface area (Å²) in [4.78, 5) is 29.1. The van der Waals surface area contributed by atoms with Crippen LogP contribution in [0.3, 0.4) is 0 Å². The molecule has 0 radical (unpaired) electrons. The average molecular weight is 252 g/mol. The Morgan fingerprint density at radius 3 is 2.72 bits per heavy atom. The van der Waals surface area contributed by atoms with Gasteiger partial charge in [0.1, 0.15) is 6.54 Å². The Morgan fingerprint density at radius 2 is 2.17 bits per heavy atom.